The molecule has 5 heteroatoms. The van der Waals surface area contributed by atoms with Crippen LogP contribution in [0.25, 0.3) is 0 Å². The molecule has 0 radical (unpaired) electrons. The van der Waals surface area contributed by atoms with Gasteiger partial charge in [0.2, 0.25) is 0 Å². The molecule has 0 amide bonds. The minimum atomic E-state index is -0.649. The molecule has 0 saturated carbocycles. The Morgan fingerprint density at radius 3 is 2.63 bits per heavy atom. The monoisotopic (exact) mass is 280 g/mol. The standard InChI is InChI=1S/C14H17FN2OS/c1-9-7-17-14(19-9)10(2)16-8-13(18)11-3-5-12(15)6-4-11/h3-7,10,13,16,18H,8H2,1-2H3. The first-order chi connectivity index (χ1) is 9.06. The average Bonchev–Trinajstić information content (AvgIpc) is 2.83. The first-order valence-corrected chi connectivity index (χ1v) is 6.97. The second-order valence-corrected chi connectivity index (χ2v) is 5.77. The Bertz CT molecular complexity index is 526. The third kappa shape index (κ3) is 3.83. The van der Waals surface area contributed by atoms with Crippen LogP contribution in [0.15, 0.2) is 30.5 Å². The number of nitrogens with zero attached hydrogens (tertiary/aromatic N) is 1. The van der Waals surface area contributed by atoms with E-state index in [-0.39, 0.29) is 11.9 Å². The largest absolute Gasteiger partial charge is 0.387 e. The van der Waals surface area contributed by atoms with E-state index in [4.69, 9.17) is 0 Å². The molecule has 2 rings (SSSR count). The second kappa shape index (κ2) is 6.23. The highest BCUT2D eigenvalue weighted by Gasteiger charge is 2.12. The van der Waals surface area contributed by atoms with Crippen molar-refractivity contribution in [3.8, 4) is 0 Å². The first-order valence-electron chi connectivity index (χ1n) is 6.15. The van der Waals surface area contributed by atoms with Gasteiger partial charge < -0.3 is 10.4 Å². The number of hydrogen-bond donors (Lipinski definition) is 2. The van der Waals surface area contributed by atoms with E-state index < -0.39 is 6.10 Å². The summed E-state index contributed by atoms with van der Waals surface area (Å²) >= 11 is 1.64. The predicted octanol–water partition coefficient (Wildman–Crippen LogP) is 2.97. The van der Waals surface area contributed by atoms with Crippen molar-refractivity contribution in [2.75, 3.05) is 6.54 Å². The number of rotatable bonds is 5. The summed E-state index contributed by atoms with van der Waals surface area (Å²) in [5, 5.41) is 14.2. The van der Waals surface area contributed by atoms with Crippen LogP contribution >= 0.6 is 11.3 Å². The Kier molecular flexibility index (Phi) is 4.63. The van der Waals surface area contributed by atoms with Gasteiger partial charge in [0.25, 0.3) is 0 Å². The minimum absolute atomic E-state index is 0.0915. The lowest BCUT2D eigenvalue weighted by Crippen LogP contribution is -2.24. The Morgan fingerprint density at radius 1 is 1.37 bits per heavy atom. The van der Waals surface area contributed by atoms with Crippen molar-refractivity contribution in [2.45, 2.75) is 26.0 Å². The average molecular weight is 280 g/mol. The fourth-order valence-corrected chi connectivity index (χ4v) is 2.55. The number of halogens is 1. The quantitative estimate of drug-likeness (QED) is 0.885. The lowest BCUT2D eigenvalue weighted by Gasteiger charge is -2.15. The van der Waals surface area contributed by atoms with Crippen LogP contribution < -0.4 is 5.32 Å². The van der Waals surface area contributed by atoms with Gasteiger partial charge in [-0.2, -0.15) is 0 Å². The number of aliphatic hydroxyl groups is 1. The number of aromatic nitrogens is 1. The zero-order valence-corrected chi connectivity index (χ0v) is 11.7. The third-order valence-electron chi connectivity index (χ3n) is 2.88. The Morgan fingerprint density at radius 2 is 2.05 bits per heavy atom. The zero-order valence-electron chi connectivity index (χ0n) is 10.9. The van der Waals surface area contributed by atoms with Gasteiger partial charge in [0.1, 0.15) is 10.8 Å². The van der Waals surface area contributed by atoms with Gasteiger partial charge in [-0.25, -0.2) is 9.37 Å². The van der Waals surface area contributed by atoms with E-state index in [1.54, 1.807) is 23.5 Å². The normalized spacial score (nSPS) is 14.3. The molecule has 2 N–H and O–H groups in total. The first kappa shape index (κ1) is 14.1. The van der Waals surface area contributed by atoms with Crippen LogP contribution in [-0.2, 0) is 0 Å². The zero-order chi connectivity index (χ0) is 13.8. The number of benzene rings is 1. The Hall–Kier alpha value is -1.30. The summed E-state index contributed by atoms with van der Waals surface area (Å²) in [6.45, 7) is 4.43. The van der Waals surface area contributed by atoms with E-state index in [2.05, 4.69) is 10.3 Å². The van der Waals surface area contributed by atoms with Gasteiger partial charge in [-0.05, 0) is 31.5 Å². The number of aryl methyl sites for hydroxylation is 1. The highest BCUT2D eigenvalue weighted by Crippen LogP contribution is 2.20. The van der Waals surface area contributed by atoms with Crippen molar-refractivity contribution < 1.29 is 9.50 Å². The van der Waals surface area contributed by atoms with Crippen LogP contribution in [0.5, 0.6) is 0 Å². The van der Waals surface area contributed by atoms with E-state index in [0.717, 1.165) is 5.01 Å². The van der Waals surface area contributed by atoms with Crippen LogP contribution in [0.4, 0.5) is 4.39 Å². The summed E-state index contributed by atoms with van der Waals surface area (Å²) in [5.41, 5.74) is 0.705. The molecule has 2 atom stereocenters. The molecule has 0 aliphatic rings. The molecule has 2 unspecified atom stereocenters. The number of aliphatic hydroxyl groups excluding tert-OH is 1. The lowest BCUT2D eigenvalue weighted by molar-refractivity contribution is 0.170. The predicted molar refractivity (Wildman–Crippen MR) is 74.6 cm³/mol. The van der Waals surface area contributed by atoms with Crippen LogP contribution in [0, 0.1) is 12.7 Å². The molecule has 1 heterocycles. The van der Waals surface area contributed by atoms with E-state index in [9.17, 15) is 9.50 Å². The molecule has 1 aromatic heterocycles. The van der Waals surface area contributed by atoms with E-state index >= 15 is 0 Å². The Labute approximate surface area is 116 Å². The van der Waals surface area contributed by atoms with Crippen LogP contribution in [0.1, 0.15) is 34.5 Å². The van der Waals surface area contributed by atoms with Crippen molar-refractivity contribution in [2.24, 2.45) is 0 Å². The lowest BCUT2D eigenvalue weighted by atomic mass is 10.1. The van der Waals surface area contributed by atoms with Gasteiger partial charge >= 0.3 is 0 Å². The highest BCUT2D eigenvalue weighted by atomic mass is 32.1. The molecule has 1 aromatic carbocycles. The summed E-state index contributed by atoms with van der Waals surface area (Å²) in [4.78, 5) is 5.47. The van der Waals surface area contributed by atoms with Crippen molar-refractivity contribution in [3.63, 3.8) is 0 Å². The van der Waals surface area contributed by atoms with E-state index in [0.29, 0.717) is 12.1 Å². The van der Waals surface area contributed by atoms with Gasteiger partial charge in [0, 0.05) is 17.6 Å². The molecule has 102 valence electrons. The van der Waals surface area contributed by atoms with Crippen molar-refractivity contribution in [1.29, 1.82) is 0 Å². The Balaban J connectivity index is 1.89. The summed E-state index contributed by atoms with van der Waals surface area (Å²) < 4.78 is 12.8. The summed E-state index contributed by atoms with van der Waals surface area (Å²) in [6, 6.07) is 5.99. The van der Waals surface area contributed by atoms with Gasteiger partial charge in [-0.3, -0.25) is 0 Å². The maximum atomic E-state index is 12.8. The minimum Gasteiger partial charge on any atom is -0.387 e. The van der Waals surface area contributed by atoms with E-state index in [1.807, 2.05) is 20.0 Å². The van der Waals surface area contributed by atoms with Gasteiger partial charge in [-0.1, -0.05) is 12.1 Å². The highest BCUT2D eigenvalue weighted by molar-refractivity contribution is 7.11. The SMILES string of the molecule is Cc1cnc(C(C)NCC(O)c2ccc(F)cc2)s1. The number of hydrogen-bond acceptors (Lipinski definition) is 4. The van der Waals surface area contributed by atoms with Crippen LogP contribution in [-0.4, -0.2) is 16.6 Å². The van der Waals surface area contributed by atoms with Crippen molar-refractivity contribution in [3.05, 3.63) is 51.7 Å². The number of nitrogens with one attached hydrogen (secondary N) is 1. The van der Waals surface area contributed by atoms with Crippen molar-refractivity contribution in [1.82, 2.24) is 10.3 Å². The molecular formula is C14H17FN2OS. The van der Waals surface area contributed by atoms with Crippen LogP contribution in [0.2, 0.25) is 0 Å². The topological polar surface area (TPSA) is 45.2 Å². The molecule has 0 spiro atoms. The summed E-state index contributed by atoms with van der Waals surface area (Å²) in [7, 11) is 0. The van der Waals surface area contributed by atoms with Crippen LogP contribution in [0.3, 0.4) is 0 Å². The molecule has 0 bridgehead atoms. The van der Waals surface area contributed by atoms with Gasteiger partial charge in [-0.15, -0.1) is 11.3 Å². The van der Waals surface area contributed by atoms with Crippen molar-refractivity contribution >= 4 is 11.3 Å². The van der Waals surface area contributed by atoms with E-state index in [1.165, 1.54) is 17.0 Å². The maximum absolute atomic E-state index is 12.8. The van der Waals surface area contributed by atoms with Gasteiger partial charge in [0.05, 0.1) is 12.1 Å². The maximum Gasteiger partial charge on any atom is 0.123 e. The molecule has 2 aromatic rings. The molecule has 19 heavy (non-hydrogen) atoms. The number of thiazole rings is 1. The molecule has 0 fully saturated rings. The molecule has 0 aliphatic heterocycles. The molecule has 0 aliphatic carbocycles. The fraction of sp³-hybridized carbons (Fsp3) is 0.357. The summed E-state index contributed by atoms with van der Waals surface area (Å²) in [5.74, 6) is -0.296. The molecule has 3 nitrogen and oxygen atoms in total. The summed E-state index contributed by atoms with van der Waals surface area (Å²) in [6.07, 6.45) is 1.19. The molecule has 0 saturated heterocycles. The fourth-order valence-electron chi connectivity index (χ4n) is 1.75. The molecular weight excluding hydrogens is 263 g/mol. The van der Waals surface area contributed by atoms with Gasteiger partial charge in [0.15, 0.2) is 0 Å². The third-order valence-corrected chi connectivity index (χ3v) is 3.98. The second-order valence-electron chi connectivity index (χ2n) is 4.51. The smallest absolute Gasteiger partial charge is 0.123 e.